The Morgan fingerprint density at radius 3 is 2.55 bits per heavy atom. The highest BCUT2D eigenvalue weighted by molar-refractivity contribution is 7.99. The molecule has 0 aromatic heterocycles. The lowest BCUT2D eigenvalue weighted by Crippen LogP contribution is -2.13. The maximum Gasteiger partial charge on any atom is 0.303 e. The van der Waals surface area contributed by atoms with Crippen molar-refractivity contribution in [3.8, 4) is 17.2 Å². The molecule has 174 valence electrons. The molecule has 0 bridgehead atoms. The van der Waals surface area contributed by atoms with Gasteiger partial charge in [-0.15, -0.1) is 11.8 Å². The number of aryl methyl sites for hydroxylation is 2. The van der Waals surface area contributed by atoms with E-state index in [2.05, 4.69) is 25.1 Å². The summed E-state index contributed by atoms with van der Waals surface area (Å²) in [7, 11) is 0. The Hall–Kier alpha value is -2.63. The van der Waals surface area contributed by atoms with Gasteiger partial charge in [0, 0.05) is 28.2 Å². The highest BCUT2D eigenvalue weighted by atomic mass is 35.5. The number of benzene rings is 3. The van der Waals surface area contributed by atoms with Crippen LogP contribution in [0.25, 0.3) is 0 Å². The fourth-order valence-electron chi connectivity index (χ4n) is 3.40. The van der Waals surface area contributed by atoms with Crippen LogP contribution >= 0.6 is 23.4 Å². The van der Waals surface area contributed by atoms with Gasteiger partial charge in [-0.05, 0) is 73.7 Å². The number of hydrogen-bond acceptors (Lipinski definition) is 4. The molecule has 1 N–H and O–H groups in total. The molecule has 0 aliphatic carbocycles. The van der Waals surface area contributed by atoms with Crippen molar-refractivity contribution < 1.29 is 19.4 Å². The maximum atomic E-state index is 10.9. The monoisotopic (exact) mass is 484 g/mol. The predicted molar refractivity (Wildman–Crippen MR) is 135 cm³/mol. The molecular weight excluding hydrogens is 456 g/mol. The van der Waals surface area contributed by atoms with Gasteiger partial charge in [0.15, 0.2) is 11.5 Å². The molecule has 6 heteroatoms. The zero-order valence-corrected chi connectivity index (χ0v) is 20.5. The quantitative estimate of drug-likeness (QED) is 0.267. The van der Waals surface area contributed by atoms with Crippen LogP contribution in [-0.2, 0) is 17.6 Å². The van der Waals surface area contributed by atoms with E-state index < -0.39 is 5.97 Å². The van der Waals surface area contributed by atoms with Crippen molar-refractivity contribution in [3.63, 3.8) is 0 Å². The molecule has 0 saturated heterocycles. The molecule has 0 aliphatic heterocycles. The van der Waals surface area contributed by atoms with Gasteiger partial charge in [0.1, 0.15) is 5.75 Å². The largest absolute Gasteiger partial charge is 0.487 e. The Morgan fingerprint density at radius 1 is 1.03 bits per heavy atom. The lowest BCUT2D eigenvalue weighted by atomic mass is 10.0. The molecule has 3 aromatic carbocycles. The number of carboxylic acid groups (broad SMARTS) is 1. The fourth-order valence-corrected chi connectivity index (χ4v) is 4.64. The number of thioether (sulfide) groups is 1. The number of para-hydroxylation sites is 1. The van der Waals surface area contributed by atoms with Crippen molar-refractivity contribution >= 4 is 29.3 Å². The molecule has 1 unspecified atom stereocenters. The van der Waals surface area contributed by atoms with Gasteiger partial charge in [0.05, 0.1) is 6.10 Å². The van der Waals surface area contributed by atoms with E-state index in [1.807, 2.05) is 43.3 Å². The summed E-state index contributed by atoms with van der Waals surface area (Å²) in [6.07, 6.45) is 2.49. The summed E-state index contributed by atoms with van der Waals surface area (Å²) in [6, 6.07) is 21.3. The molecule has 0 aliphatic rings. The molecule has 0 amide bonds. The van der Waals surface area contributed by atoms with Crippen molar-refractivity contribution in [2.75, 3.05) is 5.75 Å². The van der Waals surface area contributed by atoms with Gasteiger partial charge in [0.2, 0.25) is 0 Å². The SMILES string of the molecule is CCc1cc(SCCC(C)Oc2ccc(Cl)cc2Oc2ccccc2)ccc1CCC(=O)O. The minimum absolute atomic E-state index is 0.00251. The average molecular weight is 485 g/mol. The van der Waals surface area contributed by atoms with Gasteiger partial charge in [-0.3, -0.25) is 4.79 Å². The molecule has 3 rings (SSSR count). The number of hydrogen-bond donors (Lipinski definition) is 1. The smallest absolute Gasteiger partial charge is 0.303 e. The van der Waals surface area contributed by atoms with Crippen molar-refractivity contribution in [2.24, 2.45) is 0 Å². The fraction of sp³-hybridized carbons (Fsp3) is 0.296. The molecule has 0 radical (unpaired) electrons. The van der Waals surface area contributed by atoms with E-state index in [0.29, 0.717) is 22.9 Å². The Balaban J connectivity index is 1.55. The highest BCUT2D eigenvalue weighted by Crippen LogP contribution is 2.35. The molecule has 4 nitrogen and oxygen atoms in total. The molecule has 3 aromatic rings. The van der Waals surface area contributed by atoms with Crippen molar-refractivity contribution in [3.05, 3.63) is 82.9 Å². The van der Waals surface area contributed by atoms with Crippen LogP contribution in [0, 0.1) is 0 Å². The maximum absolute atomic E-state index is 10.9. The van der Waals surface area contributed by atoms with Crippen LogP contribution in [0.5, 0.6) is 17.2 Å². The third kappa shape index (κ3) is 8.02. The van der Waals surface area contributed by atoms with Gasteiger partial charge in [-0.2, -0.15) is 0 Å². The summed E-state index contributed by atoms with van der Waals surface area (Å²) >= 11 is 7.96. The second kappa shape index (κ2) is 12.6. The van der Waals surface area contributed by atoms with Crippen LogP contribution in [0.15, 0.2) is 71.6 Å². The third-order valence-electron chi connectivity index (χ3n) is 5.16. The first-order chi connectivity index (χ1) is 15.9. The van der Waals surface area contributed by atoms with Gasteiger partial charge >= 0.3 is 5.97 Å². The topological polar surface area (TPSA) is 55.8 Å². The first-order valence-corrected chi connectivity index (χ1v) is 12.5. The van der Waals surface area contributed by atoms with Crippen LogP contribution in [-0.4, -0.2) is 22.9 Å². The number of carbonyl (C=O) groups is 1. The van der Waals surface area contributed by atoms with Crippen molar-refractivity contribution in [1.82, 2.24) is 0 Å². The zero-order chi connectivity index (χ0) is 23.6. The van der Waals surface area contributed by atoms with E-state index in [0.717, 1.165) is 29.9 Å². The van der Waals surface area contributed by atoms with Gasteiger partial charge in [0.25, 0.3) is 0 Å². The predicted octanol–water partition coefficient (Wildman–Crippen LogP) is 7.66. The van der Waals surface area contributed by atoms with Crippen LogP contribution in [0.4, 0.5) is 0 Å². The van der Waals surface area contributed by atoms with E-state index in [1.165, 1.54) is 10.5 Å². The number of aliphatic carboxylic acids is 1. The van der Waals surface area contributed by atoms with Crippen LogP contribution in [0.1, 0.15) is 37.8 Å². The minimum atomic E-state index is -0.762. The van der Waals surface area contributed by atoms with E-state index in [1.54, 1.807) is 23.9 Å². The molecule has 0 saturated carbocycles. The number of carboxylic acids is 1. The van der Waals surface area contributed by atoms with Crippen LogP contribution < -0.4 is 9.47 Å². The summed E-state index contributed by atoms with van der Waals surface area (Å²) in [5, 5.41) is 9.53. The summed E-state index contributed by atoms with van der Waals surface area (Å²) in [4.78, 5) is 12.1. The lowest BCUT2D eigenvalue weighted by Gasteiger charge is -2.18. The van der Waals surface area contributed by atoms with E-state index in [9.17, 15) is 4.79 Å². The second-order valence-corrected chi connectivity index (χ2v) is 9.35. The summed E-state index contributed by atoms with van der Waals surface area (Å²) < 4.78 is 12.2. The Labute approximate surface area is 204 Å². The Morgan fingerprint density at radius 2 is 1.82 bits per heavy atom. The molecule has 0 heterocycles. The molecular formula is C27H29ClO4S. The van der Waals surface area contributed by atoms with Gasteiger partial charge in [-0.1, -0.05) is 42.8 Å². The molecule has 0 spiro atoms. The summed E-state index contributed by atoms with van der Waals surface area (Å²) in [6.45, 7) is 4.15. The number of halogens is 1. The molecule has 33 heavy (non-hydrogen) atoms. The third-order valence-corrected chi connectivity index (χ3v) is 6.43. The Kier molecular flexibility index (Phi) is 9.52. The summed E-state index contributed by atoms with van der Waals surface area (Å²) in [5.74, 6) is 2.13. The van der Waals surface area contributed by atoms with Crippen molar-refractivity contribution in [2.45, 2.75) is 50.5 Å². The molecule has 1 atom stereocenters. The molecule has 0 fully saturated rings. The van der Waals surface area contributed by atoms with Crippen LogP contribution in [0.3, 0.4) is 0 Å². The van der Waals surface area contributed by atoms with Crippen molar-refractivity contribution in [1.29, 1.82) is 0 Å². The van der Waals surface area contributed by atoms with E-state index >= 15 is 0 Å². The summed E-state index contributed by atoms with van der Waals surface area (Å²) in [5.41, 5.74) is 2.34. The van der Waals surface area contributed by atoms with Gasteiger partial charge < -0.3 is 14.6 Å². The standard InChI is InChI=1S/C27H29ClO4S/c1-3-20-17-24(12-9-21(20)10-14-27(29)30)33-16-15-19(2)31-25-13-11-22(28)18-26(25)32-23-7-5-4-6-8-23/h4-9,11-13,17-19H,3,10,14-16H2,1-2H3,(H,29,30). The highest BCUT2D eigenvalue weighted by Gasteiger charge is 2.12. The first-order valence-electron chi connectivity index (χ1n) is 11.1. The van der Waals surface area contributed by atoms with E-state index in [-0.39, 0.29) is 12.5 Å². The second-order valence-electron chi connectivity index (χ2n) is 7.75. The normalized spacial score (nSPS) is 11.7. The van der Waals surface area contributed by atoms with Gasteiger partial charge in [-0.25, -0.2) is 0 Å². The average Bonchev–Trinajstić information content (AvgIpc) is 2.80. The first kappa shape index (κ1) is 25.0. The minimum Gasteiger partial charge on any atom is -0.487 e. The van der Waals surface area contributed by atoms with E-state index in [4.69, 9.17) is 26.2 Å². The zero-order valence-electron chi connectivity index (χ0n) is 18.9. The number of rotatable bonds is 12. The number of ether oxygens (including phenoxy) is 2. The Bertz CT molecular complexity index is 1060. The van der Waals surface area contributed by atoms with Crippen LogP contribution in [0.2, 0.25) is 5.02 Å². The lowest BCUT2D eigenvalue weighted by molar-refractivity contribution is -0.136.